The van der Waals surface area contributed by atoms with Crippen molar-refractivity contribution >= 4 is 5.97 Å². The molecule has 6 heteroatoms. The molecule has 1 rings (SSSR count). The lowest BCUT2D eigenvalue weighted by atomic mass is 10.3. The fourth-order valence-corrected chi connectivity index (χ4v) is 2.06. The predicted octanol–water partition coefficient (Wildman–Crippen LogP) is 1.74. The summed E-state index contributed by atoms with van der Waals surface area (Å²) in [6.07, 6.45) is 0.395. The van der Waals surface area contributed by atoms with E-state index in [0.29, 0.717) is 32.7 Å². The van der Waals surface area contributed by atoms with E-state index in [-0.39, 0.29) is 12.6 Å². The van der Waals surface area contributed by atoms with E-state index in [0.717, 1.165) is 17.9 Å². The Morgan fingerprint density at radius 1 is 1.45 bits per heavy atom. The first-order chi connectivity index (χ1) is 10.5. The van der Waals surface area contributed by atoms with Crippen molar-refractivity contribution in [1.82, 2.24) is 4.90 Å². The number of hydrogen-bond acceptors (Lipinski definition) is 6. The molecule has 0 aliphatic rings. The molecule has 0 bridgehead atoms. The Bertz CT molecular complexity index is 432. The third-order valence-electron chi connectivity index (χ3n) is 3.15. The minimum atomic E-state index is -0.728. The lowest BCUT2D eigenvalue weighted by Gasteiger charge is -2.23. The highest BCUT2D eigenvalue weighted by molar-refractivity contribution is 5.69. The van der Waals surface area contributed by atoms with E-state index in [1.165, 1.54) is 0 Å². The van der Waals surface area contributed by atoms with E-state index in [1.54, 1.807) is 7.11 Å². The Hall–Kier alpha value is -1.37. The van der Waals surface area contributed by atoms with Gasteiger partial charge in [-0.3, -0.25) is 9.69 Å². The van der Waals surface area contributed by atoms with Crippen LogP contribution in [0.2, 0.25) is 0 Å². The van der Waals surface area contributed by atoms with Gasteiger partial charge in [0.2, 0.25) is 0 Å². The fraction of sp³-hybridized carbons (Fsp3) is 0.688. The van der Waals surface area contributed by atoms with Crippen molar-refractivity contribution in [3.05, 3.63) is 23.7 Å². The zero-order valence-corrected chi connectivity index (χ0v) is 13.7. The van der Waals surface area contributed by atoms with Gasteiger partial charge < -0.3 is 19.0 Å². The van der Waals surface area contributed by atoms with Crippen LogP contribution in [0.15, 0.2) is 16.5 Å². The smallest absolute Gasteiger partial charge is 0.305 e. The molecule has 1 heterocycles. The van der Waals surface area contributed by atoms with Gasteiger partial charge in [0.15, 0.2) is 0 Å². The monoisotopic (exact) mass is 313 g/mol. The molecule has 0 saturated carbocycles. The van der Waals surface area contributed by atoms with Gasteiger partial charge in [-0.05, 0) is 25.5 Å². The van der Waals surface area contributed by atoms with Gasteiger partial charge in [0.25, 0.3) is 0 Å². The number of ether oxygens (including phenoxy) is 2. The Balaban J connectivity index is 2.43. The van der Waals surface area contributed by atoms with Gasteiger partial charge in [-0.25, -0.2) is 0 Å². The highest BCUT2D eigenvalue weighted by atomic mass is 16.5. The molecule has 1 atom stereocenters. The quantitative estimate of drug-likeness (QED) is 0.627. The molecule has 1 unspecified atom stereocenters. The Morgan fingerprint density at radius 2 is 2.23 bits per heavy atom. The van der Waals surface area contributed by atoms with Crippen molar-refractivity contribution in [1.29, 1.82) is 0 Å². The van der Waals surface area contributed by atoms with Crippen molar-refractivity contribution in [2.24, 2.45) is 0 Å². The molecule has 1 aromatic rings. The number of rotatable bonds is 11. The topological polar surface area (TPSA) is 72.1 Å². The summed E-state index contributed by atoms with van der Waals surface area (Å²) in [6, 6.07) is 3.83. The molecular weight excluding hydrogens is 286 g/mol. The van der Waals surface area contributed by atoms with E-state index in [9.17, 15) is 9.90 Å². The molecule has 0 fully saturated rings. The van der Waals surface area contributed by atoms with Crippen LogP contribution in [0.4, 0.5) is 0 Å². The third kappa shape index (κ3) is 7.59. The first kappa shape index (κ1) is 18.7. The minimum Gasteiger partial charge on any atom is -0.465 e. The first-order valence-electron chi connectivity index (χ1n) is 7.65. The van der Waals surface area contributed by atoms with Gasteiger partial charge in [-0.1, -0.05) is 6.92 Å². The molecule has 0 aromatic carbocycles. The summed E-state index contributed by atoms with van der Waals surface area (Å²) in [5.41, 5.74) is 0. The van der Waals surface area contributed by atoms with Crippen LogP contribution < -0.4 is 0 Å². The van der Waals surface area contributed by atoms with Gasteiger partial charge in [0, 0.05) is 26.6 Å². The zero-order valence-electron chi connectivity index (χ0n) is 13.7. The van der Waals surface area contributed by atoms with Crippen LogP contribution in [0, 0.1) is 6.92 Å². The molecule has 0 amide bonds. The summed E-state index contributed by atoms with van der Waals surface area (Å²) < 4.78 is 15.7. The summed E-state index contributed by atoms with van der Waals surface area (Å²) in [4.78, 5) is 13.3. The molecule has 1 N–H and O–H groups in total. The third-order valence-corrected chi connectivity index (χ3v) is 3.15. The first-order valence-corrected chi connectivity index (χ1v) is 7.65. The largest absolute Gasteiger partial charge is 0.465 e. The number of carbonyl (C=O) groups excluding carboxylic acids is 1. The number of aryl methyl sites for hydroxylation is 1. The highest BCUT2D eigenvalue weighted by Crippen LogP contribution is 2.10. The van der Waals surface area contributed by atoms with Crippen molar-refractivity contribution in [3.63, 3.8) is 0 Å². The average molecular weight is 313 g/mol. The number of aliphatic hydroxyl groups is 1. The van der Waals surface area contributed by atoms with Gasteiger partial charge >= 0.3 is 5.97 Å². The molecule has 0 radical (unpaired) electrons. The van der Waals surface area contributed by atoms with Crippen LogP contribution in [0.1, 0.15) is 31.3 Å². The van der Waals surface area contributed by atoms with Crippen LogP contribution in [0.5, 0.6) is 0 Å². The van der Waals surface area contributed by atoms with E-state index in [4.69, 9.17) is 13.9 Å². The normalized spacial score (nSPS) is 12.6. The minimum absolute atomic E-state index is 0.0134. The lowest BCUT2D eigenvalue weighted by Crippen LogP contribution is -2.37. The molecule has 22 heavy (non-hydrogen) atoms. The Labute approximate surface area is 132 Å². The number of aliphatic hydroxyl groups excluding tert-OH is 1. The van der Waals surface area contributed by atoms with Crippen LogP contribution in [-0.2, 0) is 20.8 Å². The van der Waals surface area contributed by atoms with Crippen LogP contribution in [0.3, 0.4) is 0 Å². The van der Waals surface area contributed by atoms with Gasteiger partial charge in [-0.15, -0.1) is 0 Å². The van der Waals surface area contributed by atoms with Gasteiger partial charge in [-0.2, -0.15) is 0 Å². The molecule has 6 nitrogen and oxygen atoms in total. The second-order valence-corrected chi connectivity index (χ2v) is 5.33. The Kier molecular flexibility index (Phi) is 8.81. The SMILES string of the molecule is CCCC(=O)OCC(O)CN(CCOC)Cc1ccc(C)o1. The maximum absolute atomic E-state index is 11.3. The Morgan fingerprint density at radius 3 is 2.82 bits per heavy atom. The van der Waals surface area contributed by atoms with Gasteiger partial charge in [0.1, 0.15) is 24.2 Å². The lowest BCUT2D eigenvalue weighted by molar-refractivity contribution is -0.147. The van der Waals surface area contributed by atoms with Gasteiger partial charge in [0.05, 0.1) is 13.2 Å². The molecule has 0 aliphatic carbocycles. The van der Waals surface area contributed by atoms with E-state index in [1.807, 2.05) is 30.9 Å². The average Bonchev–Trinajstić information content (AvgIpc) is 2.88. The second-order valence-electron chi connectivity index (χ2n) is 5.33. The molecule has 0 spiro atoms. The molecule has 0 aliphatic heterocycles. The summed E-state index contributed by atoms with van der Waals surface area (Å²) in [5.74, 6) is 1.42. The number of nitrogens with zero attached hydrogens (tertiary/aromatic N) is 1. The van der Waals surface area contributed by atoms with Crippen molar-refractivity contribution in [2.75, 3.05) is 33.4 Å². The standard InChI is InChI=1S/C16H27NO5/c1-4-5-16(19)21-12-14(18)10-17(8-9-20-3)11-15-7-6-13(2)22-15/h6-7,14,18H,4-5,8-12H2,1-3H3. The maximum Gasteiger partial charge on any atom is 0.305 e. The summed E-state index contributed by atoms with van der Waals surface area (Å²) in [7, 11) is 1.64. The second kappa shape index (κ2) is 10.4. The van der Waals surface area contributed by atoms with Crippen molar-refractivity contribution in [3.8, 4) is 0 Å². The fourth-order valence-electron chi connectivity index (χ4n) is 2.06. The summed E-state index contributed by atoms with van der Waals surface area (Å²) in [6.45, 7) is 6.01. The molecule has 0 saturated heterocycles. The number of esters is 1. The molecular formula is C16H27NO5. The number of methoxy groups -OCH3 is 1. The summed E-state index contributed by atoms with van der Waals surface area (Å²) >= 11 is 0. The zero-order chi connectivity index (χ0) is 16.4. The molecule has 1 aromatic heterocycles. The number of hydrogen-bond donors (Lipinski definition) is 1. The van der Waals surface area contributed by atoms with Crippen molar-refractivity contribution in [2.45, 2.75) is 39.3 Å². The van der Waals surface area contributed by atoms with E-state index >= 15 is 0 Å². The van der Waals surface area contributed by atoms with Crippen molar-refractivity contribution < 1.29 is 23.8 Å². The van der Waals surface area contributed by atoms with Crippen LogP contribution in [0.25, 0.3) is 0 Å². The summed E-state index contributed by atoms with van der Waals surface area (Å²) in [5, 5.41) is 10.0. The van der Waals surface area contributed by atoms with E-state index in [2.05, 4.69) is 0 Å². The highest BCUT2D eigenvalue weighted by Gasteiger charge is 2.15. The van der Waals surface area contributed by atoms with Crippen LogP contribution >= 0.6 is 0 Å². The van der Waals surface area contributed by atoms with Crippen LogP contribution in [-0.4, -0.2) is 55.5 Å². The number of carbonyl (C=O) groups is 1. The predicted molar refractivity (Wildman–Crippen MR) is 82.5 cm³/mol. The maximum atomic E-state index is 11.3. The number of furan rings is 1. The molecule has 126 valence electrons. The van der Waals surface area contributed by atoms with E-state index < -0.39 is 6.10 Å².